The molecule has 0 spiro atoms. The molecular weight excluding hydrogens is 264 g/mol. The summed E-state index contributed by atoms with van der Waals surface area (Å²) in [6.45, 7) is 13.0. The van der Waals surface area contributed by atoms with Crippen LogP contribution in [0.2, 0.25) is 0 Å². The molecule has 2 aromatic rings. The van der Waals surface area contributed by atoms with Gasteiger partial charge in [0.05, 0.1) is 16.7 Å². The van der Waals surface area contributed by atoms with Gasteiger partial charge in [0, 0.05) is 10.6 Å². The minimum absolute atomic E-state index is 0.204. The maximum atomic E-state index is 4.50. The second-order valence-electron chi connectivity index (χ2n) is 6.38. The van der Waals surface area contributed by atoms with E-state index < -0.39 is 0 Å². The average Bonchev–Trinajstić information content (AvgIpc) is 2.68. The van der Waals surface area contributed by atoms with Crippen molar-refractivity contribution < 1.29 is 0 Å². The fourth-order valence-electron chi connectivity index (χ4n) is 2.33. The Morgan fingerprint density at radius 1 is 1.10 bits per heavy atom. The lowest BCUT2D eigenvalue weighted by atomic mass is 9.87. The lowest BCUT2D eigenvalue weighted by Crippen LogP contribution is -2.11. The van der Waals surface area contributed by atoms with Crippen LogP contribution in [0.15, 0.2) is 24.3 Å². The minimum atomic E-state index is 0.204. The fraction of sp³-hybridized carbons (Fsp3) is 0.471. The SMILES string of the molecule is Cc1nc(C)c(C(C)Nc2ccc(C(C)(C)C)cc2)s1. The molecule has 0 radical (unpaired) electrons. The first-order valence-corrected chi connectivity index (χ1v) is 7.90. The molecule has 0 saturated heterocycles. The van der Waals surface area contributed by atoms with E-state index in [2.05, 4.69) is 76.1 Å². The quantitative estimate of drug-likeness (QED) is 0.836. The van der Waals surface area contributed by atoms with Crippen LogP contribution < -0.4 is 5.32 Å². The smallest absolute Gasteiger partial charge is 0.0900 e. The number of benzene rings is 1. The van der Waals surface area contributed by atoms with E-state index in [9.17, 15) is 0 Å². The molecule has 20 heavy (non-hydrogen) atoms. The summed E-state index contributed by atoms with van der Waals surface area (Å²) in [5, 5.41) is 4.69. The number of nitrogens with one attached hydrogen (secondary N) is 1. The monoisotopic (exact) mass is 288 g/mol. The predicted octanol–water partition coefficient (Wildman–Crippen LogP) is 5.23. The zero-order valence-electron chi connectivity index (χ0n) is 13.2. The molecule has 1 aromatic carbocycles. The van der Waals surface area contributed by atoms with E-state index >= 15 is 0 Å². The second-order valence-corrected chi connectivity index (χ2v) is 7.61. The number of thiazole rings is 1. The van der Waals surface area contributed by atoms with E-state index in [0.717, 1.165) is 16.4 Å². The zero-order valence-corrected chi connectivity index (χ0v) is 14.1. The highest BCUT2D eigenvalue weighted by molar-refractivity contribution is 7.11. The summed E-state index contributed by atoms with van der Waals surface area (Å²) in [6, 6.07) is 9.04. The van der Waals surface area contributed by atoms with Crippen molar-refractivity contribution in [2.24, 2.45) is 0 Å². The van der Waals surface area contributed by atoms with Gasteiger partial charge in [0.2, 0.25) is 0 Å². The Morgan fingerprint density at radius 2 is 1.70 bits per heavy atom. The first-order chi connectivity index (χ1) is 9.27. The van der Waals surface area contributed by atoms with Crippen molar-refractivity contribution in [3.05, 3.63) is 45.4 Å². The van der Waals surface area contributed by atoms with Gasteiger partial charge in [0.1, 0.15) is 0 Å². The molecule has 3 heteroatoms. The van der Waals surface area contributed by atoms with Crippen molar-refractivity contribution in [2.75, 3.05) is 5.32 Å². The molecule has 0 bridgehead atoms. The highest BCUT2D eigenvalue weighted by atomic mass is 32.1. The van der Waals surface area contributed by atoms with Crippen LogP contribution in [0.5, 0.6) is 0 Å². The van der Waals surface area contributed by atoms with Crippen LogP contribution in [0.4, 0.5) is 5.69 Å². The van der Waals surface area contributed by atoms with E-state index in [4.69, 9.17) is 0 Å². The molecule has 0 aliphatic rings. The second kappa shape index (κ2) is 5.57. The molecule has 0 aliphatic carbocycles. The minimum Gasteiger partial charge on any atom is -0.378 e. The summed E-state index contributed by atoms with van der Waals surface area (Å²) in [5.41, 5.74) is 3.87. The third-order valence-corrected chi connectivity index (χ3v) is 4.72. The highest BCUT2D eigenvalue weighted by Gasteiger charge is 2.15. The highest BCUT2D eigenvalue weighted by Crippen LogP contribution is 2.29. The Morgan fingerprint density at radius 3 is 2.15 bits per heavy atom. The van der Waals surface area contributed by atoms with Gasteiger partial charge in [-0.25, -0.2) is 4.98 Å². The zero-order chi connectivity index (χ0) is 14.9. The normalized spacial score (nSPS) is 13.3. The Labute approximate surface area is 126 Å². The number of hydrogen-bond acceptors (Lipinski definition) is 3. The predicted molar refractivity (Wildman–Crippen MR) is 88.8 cm³/mol. The number of rotatable bonds is 3. The first kappa shape index (κ1) is 15.0. The molecule has 108 valence electrons. The van der Waals surface area contributed by atoms with E-state index in [-0.39, 0.29) is 5.41 Å². The van der Waals surface area contributed by atoms with Crippen LogP contribution in [0, 0.1) is 13.8 Å². The summed E-state index contributed by atoms with van der Waals surface area (Å²) in [7, 11) is 0. The van der Waals surface area contributed by atoms with Crippen molar-refractivity contribution >= 4 is 17.0 Å². The summed E-state index contributed by atoms with van der Waals surface area (Å²) in [6.07, 6.45) is 0. The molecule has 2 rings (SSSR count). The molecule has 0 aliphatic heterocycles. The summed E-state index contributed by atoms with van der Waals surface area (Å²) in [5.74, 6) is 0. The van der Waals surface area contributed by atoms with Gasteiger partial charge in [-0.05, 0) is 43.9 Å². The van der Waals surface area contributed by atoms with Crippen molar-refractivity contribution in [1.82, 2.24) is 4.98 Å². The molecule has 0 saturated carbocycles. The number of anilines is 1. The van der Waals surface area contributed by atoms with Gasteiger partial charge in [0.25, 0.3) is 0 Å². The van der Waals surface area contributed by atoms with Crippen molar-refractivity contribution in [2.45, 2.75) is 53.0 Å². The lowest BCUT2D eigenvalue weighted by Gasteiger charge is -2.20. The van der Waals surface area contributed by atoms with E-state index in [1.165, 1.54) is 10.4 Å². The van der Waals surface area contributed by atoms with E-state index in [1.807, 2.05) is 0 Å². The maximum Gasteiger partial charge on any atom is 0.0900 e. The number of nitrogens with zero attached hydrogens (tertiary/aromatic N) is 1. The standard InChI is InChI=1S/C17H24N2S/c1-11-16(20-13(3)18-11)12(2)19-15-9-7-14(8-10-15)17(4,5)6/h7-10,12,19H,1-6H3. The molecule has 0 fully saturated rings. The molecule has 1 N–H and O–H groups in total. The number of aryl methyl sites for hydroxylation is 2. The van der Waals surface area contributed by atoms with Crippen LogP contribution in [-0.2, 0) is 5.41 Å². The van der Waals surface area contributed by atoms with Gasteiger partial charge >= 0.3 is 0 Å². The van der Waals surface area contributed by atoms with Crippen LogP contribution in [-0.4, -0.2) is 4.98 Å². The Kier molecular flexibility index (Phi) is 4.19. The van der Waals surface area contributed by atoms with Gasteiger partial charge in [0.15, 0.2) is 0 Å². The van der Waals surface area contributed by atoms with Crippen molar-refractivity contribution in [3.8, 4) is 0 Å². The molecule has 2 nitrogen and oxygen atoms in total. The summed E-state index contributed by atoms with van der Waals surface area (Å²) >= 11 is 1.78. The molecule has 1 aromatic heterocycles. The van der Waals surface area contributed by atoms with Gasteiger partial charge in [-0.2, -0.15) is 0 Å². The van der Waals surface area contributed by atoms with E-state index in [0.29, 0.717) is 6.04 Å². The summed E-state index contributed by atoms with van der Waals surface area (Å²) in [4.78, 5) is 5.82. The molecular formula is C17H24N2S. The van der Waals surface area contributed by atoms with Gasteiger partial charge in [-0.1, -0.05) is 32.9 Å². The topological polar surface area (TPSA) is 24.9 Å². The van der Waals surface area contributed by atoms with Crippen molar-refractivity contribution in [3.63, 3.8) is 0 Å². The first-order valence-electron chi connectivity index (χ1n) is 7.08. The third kappa shape index (κ3) is 3.40. The Bertz CT molecular complexity index is 576. The van der Waals surface area contributed by atoms with Crippen LogP contribution in [0.3, 0.4) is 0 Å². The van der Waals surface area contributed by atoms with Crippen LogP contribution >= 0.6 is 11.3 Å². The van der Waals surface area contributed by atoms with Crippen LogP contribution in [0.25, 0.3) is 0 Å². The van der Waals surface area contributed by atoms with E-state index in [1.54, 1.807) is 11.3 Å². The van der Waals surface area contributed by atoms with Crippen LogP contribution in [0.1, 0.15) is 54.9 Å². The number of aromatic nitrogens is 1. The lowest BCUT2D eigenvalue weighted by molar-refractivity contribution is 0.590. The molecule has 1 heterocycles. The van der Waals surface area contributed by atoms with Gasteiger partial charge in [-0.3, -0.25) is 0 Å². The largest absolute Gasteiger partial charge is 0.378 e. The number of hydrogen-bond donors (Lipinski definition) is 1. The van der Waals surface area contributed by atoms with Crippen molar-refractivity contribution in [1.29, 1.82) is 0 Å². The molecule has 1 atom stereocenters. The Balaban J connectivity index is 2.12. The summed E-state index contributed by atoms with van der Waals surface area (Å²) < 4.78 is 0. The Hall–Kier alpha value is -1.35. The molecule has 0 amide bonds. The fourth-order valence-corrected chi connectivity index (χ4v) is 3.26. The maximum absolute atomic E-state index is 4.50. The third-order valence-electron chi connectivity index (χ3n) is 3.47. The van der Waals surface area contributed by atoms with Gasteiger partial charge in [-0.15, -0.1) is 11.3 Å². The average molecular weight is 288 g/mol. The molecule has 1 unspecified atom stereocenters. The van der Waals surface area contributed by atoms with Gasteiger partial charge < -0.3 is 5.32 Å².